The monoisotopic (exact) mass is 325 g/mol. The standard InChI is InChI=1S/C16H27N3O2S/c1-11-14(12(2)19(3)18-11)4-5-16(21)17-15(10-20)13-6-8-22-9-7-13/h13,15,20H,4-10H2,1-3H3,(H,17,21)/t15-/m0/s1. The maximum Gasteiger partial charge on any atom is 0.220 e. The molecule has 6 heteroatoms. The second-order valence-corrected chi connectivity index (χ2v) is 7.30. The van der Waals surface area contributed by atoms with Crippen molar-refractivity contribution in [3.8, 4) is 0 Å². The molecule has 124 valence electrons. The Balaban J connectivity index is 1.86. The fourth-order valence-electron chi connectivity index (χ4n) is 3.13. The third-order valence-corrected chi connectivity index (χ3v) is 5.69. The number of nitrogens with one attached hydrogen (secondary N) is 1. The summed E-state index contributed by atoms with van der Waals surface area (Å²) in [6.07, 6.45) is 3.31. The van der Waals surface area contributed by atoms with Crippen molar-refractivity contribution < 1.29 is 9.90 Å². The van der Waals surface area contributed by atoms with Gasteiger partial charge < -0.3 is 10.4 Å². The van der Waals surface area contributed by atoms with Crippen LogP contribution in [0.4, 0.5) is 0 Å². The first-order valence-electron chi connectivity index (χ1n) is 8.00. The van der Waals surface area contributed by atoms with Gasteiger partial charge in [0, 0.05) is 19.2 Å². The number of aliphatic hydroxyl groups excluding tert-OH is 1. The van der Waals surface area contributed by atoms with Crippen molar-refractivity contribution in [1.82, 2.24) is 15.1 Å². The van der Waals surface area contributed by atoms with Crippen LogP contribution in [0.1, 0.15) is 36.2 Å². The zero-order valence-corrected chi connectivity index (χ0v) is 14.6. The van der Waals surface area contributed by atoms with E-state index in [1.807, 2.05) is 37.3 Å². The summed E-state index contributed by atoms with van der Waals surface area (Å²) in [5.74, 6) is 2.70. The van der Waals surface area contributed by atoms with E-state index in [9.17, 15) is 9.90 Å². The summed E-state index contributed by atoms with van der Waals surface area (Å²) >= 11 is 1.95. The first-order chi connectivity index (χ1) is 10.5. The van der Waals surface area contributed by atoms with E-state index in [0.29, 0.717) is 18.8 Å². The topological polar surface area (TPSA) is 67.2 Å². The van der Waals surface area contributed by atoms with Gasteiger partial charge in [-0.25, -0.2) is 0 Å². The highest BCUT2D eigenvalue weighted by Gasteiger charge is 2.24. The molecule has 0 aliphatic carbocycles. The van der Waals surface area contributed by atoms with E-state index in [4.69, 9.17) is 0 Å². The molecule has 5 nitrogen and oxygen atoms in total. The van der Waals surface area contributed by atoms with Gasteiger partial charge in [0.05, 0.1) is 18.3 Å². The molecule has 1 fully saturated rings. The highest BCUT2D eigenvalue weighted by Crippen LogP contribution is 2.25. The fraction of sp³-hybridized carbons (Fsp3) is 0.750. The van der Waals surface area contributed by atoms with E-state index in [0.717, 1.165) is 41.3 Å². The van der Waals surface area contributed by atoms with Crippen LogP contribution in [0.25, 0.3) is 0 Å². The number of aliphatic hydroxyl groups is 1. The summed E-state index contributed by atoms with van der Waals surface area (Å²) in [4.78, 5) is 12.2. The maximum absolute atomic E-state index is 12.2. The molecular weight excluding hydrogens is 298 g/mol. The number of amides is 1. The van der Waals surface area contributed by atoms with Crippen LogP contribution in [0, 0.1) is 19.8 Å². The molecule has 0 aromatic carbocycles. The van der Waals surface area contributed by atoms with E-state index in [2.05, 4.69) is 10.4 Å². The average Bonchev–Trinajstić information content (AvgIpc) is 2.76. The molecule has 1 aromatic rings. The number of nitrogens with zero attached hydrogens (tertiary/aromatic N) is 2. The van der Waals surface area contributed by atoms with Crippen LogP contribution in [0.15, 0.2) is 0 Å². The Hall–Kier alpha value is -1.01. The lowest BCUT2D eigenvalue weighted by Gasteiger charge is -2.29. The number of rotatable bonds is 6. The number of hydrogen-bond donors (Lipinski definition) is 2. The van der Waals surface area contributed by atoms with Crippen LogP contribution < -0.4 is 5.32 Å². The highest BCUT2D eigenvalue weighted by atomic mass is 32.2. The van der Waals surface area contributed by atoms with Crippen molar-refractivity contribution in [2.45, 2.75) is 45.6 Å². The van der Waals surface area contributed by atoms with Crippen LogP contribution in [-0.2, 0) is 18.3 Å². The normalized spacial score (nSPS) is 17.5. The van der Waals surface area contributed by atoms with Crippen molar-refractivity contribution >= 4 is 17.7 Å². The minimum Gasteiger partial charge on any atom is -0.394 e. The second kappa shape index (κ2) is 8.02. The molecule has 0 spiro atoms. The summed E-state index contributed by atoms with van der Waals surface area (Å²) in [5, 5.41) is 17.0. The molecule has 1 aliphatic rings. The van der Waals surface area contributed by atoms with E-state index < -0.39 is 0 Å². The zero-order valence-electron chi connectivity index (χ0n) is 13.8. The molecule has 1 saturated heterocycles. The minimum atomic E-state index is -0.0931. The molecule has 22 heavy (non-hydrogen) atoms. The van der Waals surface area contributed by atoms with Crippen LogP contribution >= 0.6 is 11.8 Å². The third kappa shape index (κ3) is 4.26. The predicted molar refractivity (Wildman–Crippen MR) is 90.1 cm³/mol. The molecule has 1 atom stereocenters. The van der Waals surface area contributed by atoms with Gasteiger partial charge in [-0.3, -0.25) is 9.48 Å². The number of thioether (sulfide) groups is 1. The first kappa shape index (κ1) is 17.3. The number of aryl methyl sites for hydroxylation is 2. The number of aromatic nitrogens is 2. The minimum absolute atomic E-state index is 0.0277. The molecular formula is C16H27N3O2S. The lowest BCUT2D eigenvalue weighted by Crippen LogP contribution is -2.44. The fourth-order valence-corrected chi connectivity index (χ4v) is 4.27. The third-order valence-electron chi connectivity index (χ3n) is 4.64. The van der Waals surface area contributed by atoms with Crippen molar-refractivity contribution in [3.63, 3.8) is 0 Å². The highest BCUT2D eigenvalue weighted by molar-refractivity contribution is 7.99. The maximum atomic E-state index is 12.2. The van der Waals surface area contributed by atoms with Gasteiger partial charge in [0.25, 0.3) is 0 Å². The summed E-state index contributed by atoms with van der Waals surface area (Å²) in [6.45, 7) is 4.05. The summed E-state index contributed by atoms with van der Waals surface area (Å²) in [6, 6.07) is -0.0931. The molecule has 2 rings (SSSR count). The second-order valence-electron chi connectivity index (χ2n) is 6.08. The van der Waals surface area contributed by atoms with Crippen LogP contribution in [0.2, 0.25) is 0 Å². The largest absolute Gasteiger partial charge is 0.394 e. The van der Waals surface area contributed by atoms with Crippen LogP contribution in [-0.4, -0.2) is 44.9 Å². The van der Waals surface area contributed by atoms with Gasteiger partial charge in [-0.1, -0.05) is 0 Å². The molecule has 0 radical (unpaired) electrons. The molecule has 0 bridgehead atoms. The van der Waals surface area contributed by atoms with Gasteiger partial charge in [-0.05, 0) is 56.1 Å². The summed E-state index contributed by atoms with van der Waals surface area (Å²) in [5.41, 5.74) is 3.27. The Morgan fingerprint density at radius 1 is 1.45 bits per heavy atom. The van der Waals surface area contributed by atoms with Gasteiger partial charge in [-0.2, -0.15) is 16.9 Å². The van der Waals surface area contributed by atoms with E-state index >= 15 is 0 Å². The van der Waals surface area contributed by atoms with Crippen LogP contribution in [0.3, 0.4) is 0 Å². The van der Waals surface area contributed by atoms with Gasteiger partial charge in [0.2, 0.25) is 5.91 Å². The molecule has 2 N–H and O–H groups in total. The summed E-state index contributed by atoms with van der Waals surface area (Å²) in [7, 11) is 1.93. The van der Waals surface area contributed by atoms with Crippen molar-refractivity contribution in [2.24, 2.45) is 13.0 Å². The van der Waals surface area contributed by atoms with Crippen molar-refractivity contribution in [2.75, 3.05) is 18.1 Å². The van der Waals surface area contributed by atoms with Crippen LogP contribution in [0.5, 0.6) is 0 Å². The Bertz CT molecular complexity index is 510. The molecule has 1 aromatic heterocycles. The Kier molecular flexibility index (Phi) is 6.32. The lowest BCUT2D eigenvalue weighted by atomic mass is 9.94. The van der Waals surface area contributed by atoms with Gasteiger partial charge in [0.1, 0.15) is 0 Å². The van der Waals surface area contributed by atoms with Gasteiger partial charge in [0.15, 0.2) is 0 Å². The lowest BCUT2D eigenvalue weighted by molar-refractivity contribution is -0.122. The quantitative estimate of drug-likeness (QED) is 0.833. The first-order valence-corrected chi connectivity index (χ1v) is 9.15. The van der Waals surface area contributed by atoms with E-state index in [-0.39, 0.29) is 18.6 Å². The average molecular weight is 325 g/mol. The summed E-state index contributed by atoms with van der Waals surface area (Å²) < 4.78 is 1.86. The van der Waals surface area contributed by atoms with Crippen molar-refractivity contribution in [3.05, 3.63) is 17.0 Å². The number of carbonyl (C=O) groups excluding carboxylic acids is 1. The Morgan fingerprint density at radius 3 is 2.68 bits per heavy atom. The molecule has 0 unspecified atom stereocenters. The number of carbonyl (C=O) groups is 1. The predicted octanol–water partition coefficient (Wildman–Crippen LogP) is 1.59. The Morgan fingerprint density at radius 2 is 2.14 bits per heavy atom. The number of hydrogen-bond acceptors (Lipinski definition) is 4. The molecule has 0 saturated carbocycles. The van der Waals surface area contributed by atoms with Gasteiger partial charge >= 0.3 is 0 Å². The molecule has 2 heterocycles. The Labute approximate surface area is 136 Å². The van der Waals surface area contributed by atoms with E-state index in [1.165, 1.54) is 0 Å². The molecule has 1 aliphatic heterocycles. The van der Waals surface area contributed by atoms with Gasteiger partial charge in [-0.15, -0.1) is 0 Å². The van der Waals surface area contributed by atoms with Crippen molar-refractivity contribution in [1.29, 1.82) is 0 Å². The van der Waals surface area contributed by atoms with E-state index in [1.54, 1.807) is 0 Å². The molecule has 1 amide bonds. The zero-order chi connectivity index (χ0) is 16.1. The smallest absolute Gasteiger partial charge is 0.220 e. The SMILES string of the molecule is Cc1nn(C)c(C)c1CCC(=O)N[C@@H](CO)C1CCSCC1.